The Kier molecular flexibility index (Phi) is 5.37. The van der Waals surface area contributed by atoms with Gasteiger partial charge in [0, 0.05) is 24.8 Å². The second-order valence-electron chi connectivity index (χ2n) is 7.02. The Morgan fingerprint density at radius 1 is 1.23 bits per heavy atom. The van der Waals surface area contributed by atoms with E-state index in [2.05, 4.69) is 35.5 Å². The van der Waals surface area contributed by atoms with Crippen molar-refractivity contribution in [1.82, 2.24) is 4.90 Å². The van der Waals surface area contributed by atoms with E-state index in [1.54, 1.807) is 0 Å². The minimum absolute atomic E-state index is 0.335. The van der Waals surface area contributed by atoms with E-state index in [4.69, 9.17) is 0 Å². The van der Waals surface area contributed by atoms with Crippen LogP contribution in [0.15, 0.2) is 18.2 Å². The first-order chi connectivity index (χ1) is 10.7. The SMILES string of the molecule is CN(CCC(O)c1ccc2c(c1)CCCN2)C1CCCCC1. The molecule has 1 heterocycles. The van der Waals surface area contributed by atoms with Crippen LogP contribution in [0.5, 0.6) is 0 Å². The summed E-state index contributed by atoms with van der Waals surface area (Å²) >= 11 is 0. The van der Waals surface area contributed by atoms with Gasteiger partial charge in [0.05, 0.1) is 6.10 Å². The Labute approximate surface area is 134 Å². The van der Waals surface area contributed by atoms with Gasteiger partial charge in [0.25, 0.3) is 0 Å². The van der Waals surface area contributed by atoms with E-state index in [1.165, 1.54) is 49.8 Å². The second-order valence-corrected chi connectivity index (χ2v) is 7.02. The molecule has 0 amide bonds. The molecule has 22 heavy (non-hydrogen) atoms. The Morgan fingerprint density at radius 2 is 2.05 bits per heavy atom. The Bertz CT molecular complexity index is 482. The van der Waals surface area contributed by atoms with Crippen molar-refractivity contribution in [3.63, 3.8) is 0 Å². The van der Waals surface area contributed by atoms with Crippen molar-refractivity contribution >= 4 is 5.69 Å². The van der Waals surface area contributed by atoms with Gasteiger partial charge in [-0.1, -0.05) is 31.4 Å². The first kappa shape index (κ1) is 15.8. The fourth-order valence-corrected chi connectivity index (χ4v) is 3.90. The van der Waals surface area contributed by atoms with Crippen LogP contribution in [0.4, 0.5) is 5.69 Å². The third kappa shape index (κ3) is 3.82. The summed E-state index contributed by atoms with van der Waals surface area (Å²) in [5, 5.41) is 14.0. The first-order valence-corrected chi connectivity index (χ1v) is 8.99. The summed E-state index contributed by atoms with van der Waals surface area (Å²) in [4.78, 5) is 2.46. The highest BCUT2D eigenvalue weighted by molar-refractivity contribution is 5.54. The van der Waals surface area contributed by atoms with Crippen molar-refractivity contribution in [2.24, 2.45) is 0 Å². The van der Waals surface area contributed by atoms with Crippen molar-refractivity contribution in [3.05, 3.63) is 29.3 Å². The van der Waals surface area contributed by atoms with Gasteiger partial charge in [-0.25, -0.2) is 0 Å². The average Bonchev–Trinajstić information content (AvgIpc) is 2.59. The number of rotatable bonds is 5. The van der Waals surface area contributed by atoms with E-state index >= 15 is 0 Å². The zero-order valence-electron chi connectivity index (χ0n) is 13.9. The van der Waals surface area contributed by atoms with Crippen LogP contribution in [-0.2, 0) is 6.42 Å². The molecule has 0 aromatic heterocycles. The van der Waals surface area contributed by atoms with Gasteiger partial charge in [0.1, 0.15) is 0 Å². The maximum atomic E-state index is 10.5. The second kappa shape index (κ2) is 7.47. The minimum atomic E-state index is -0.335. The van der Waals surface area contributed by atoms with Crippen LogP contribution < -0.4 is 5.32 Å². The lowest BCUT2D eigenvalue weighted by Crippen LogP contribution is -2.34. The molecule has 1 unspecified atom stereocenters. The molecule has 122 valence electrons. The van der Waals surface area contributed by atoms with Crippen molar-refractivity contribution in [2.45, 2.75) is 63.5 Å². The maximum Gasteiger partial charge on any atom is 0.0802 e. The number of aryl methyl sites for hydroxylation is 1. The zero-order valence-corrected chi connectivity index (χ0v) is 13.9. The van der Waals surface area contributed by atoms with Crippen LogP contribution in [0.2, 0.25) is 0 Å². The fourth-order valence-electron chi connectivity index (χ4n) is 3.90. The van der Waals surface area contributed by atoms with Gasteiger partial charge in [-0.05, 0) is 56.3 Å². The van der Waals surface area contributed by atoms with Crippen LogP contribution in [0.25, 0.3) is 0 Å². The van der Waals surface area contributed by atoms with Crippen LogP contribution in [-0.4, -0.2) is 36.2 Å². The number of nitrogens with one attached hydrogen (secondary N) is 1. The lowest BCUT2D eigenvalue weighted by atomic mass is 9.94. The number of aliphatic hydroxyl groups is 1. The highest BCUT2D eigenvalue weighted by Crippen LogP contribution is 2.28. The number of aliphatic hydroxyl groups excluding tert-OH is 1. The molecule has 0 bridgehead atoms. The molecule has 2 aliphatic rings. The normalized spacial score (nSPS) is 20.5. The molecule has 1 aliphatic heterocycles. The molecule has 2 N–H and O–H groups in total. The number of hydrogen-bond acceptors (Lipinski definition) is 3. The molecule has 1 saturated carbocycles. The molecule has 1 aromatic rings. The van der Waals surface area contributed by atoms with E-state index < -0.39 is 0 Å². The molecule has 0 radical (unpaired) electrons. The van der Waals surface area contributed by atoms with Gasteiger partial charge in [0.15, 0.2) is 0 Å². The number of anilines is 1. The molecule has 1 aromatic carbocycles. The third-order valence-corrected chi connectivity index (χ3v) is 5.41. The van der Waals surface area contributed by atoms with E-state index in [1.807, 2.05) is 0 Å². The highest BCUT2D eigenvalue weighted by atomic mass is 16.3. The summed E-state index contributed by atoms with van der Waals surface area (Å²) < 4.78 is 0. The molecule has 1 aliphatic carbocycles. The smallest absolute Gasteiger partial charge is 0.0802 e. The predicted molar refractivity (Wildman–Crippen MR) is 92.3 cm³/mol. The standard InChI is InChI=1S/C19H30N2O/c1-21(17-7-3-2-4-8-17)13-11-19(22)16-9-10-18-15(14-16)6-5-12-20-18/h9-10,14,17,19-20,22H,2-8,11-13H2,1H3. The van der Waals surface area contributed by atoms with Gasteiger partial charge in [-0.15, -0.1) is 0 Å². The Balaban J connectivity index is 1.54. The molecule has 1 fully saturated rings. The van der Waals surface area contributed by atoms with Gasteiger partial charge in [0.2, 0.25) is 0 Å². The highest BCUT2D eigenvalue weighted by Gasteiger charge is 2.19. The van der Waals surface area contributed by atoms with Crippen LogP contribution in [0, 0.1) is 0 Å². The Morgan fingerprint density at radius 3 is 2.86 bits per heavy atom. The average molecular weight is 302 g/mol. The molecule has 3 nitrogen and oxygen atoms in total. The van der Waals surface area contributed by atoms with E-state index in [-0.39, 0.29) is 6.10 Å². The quantitative estimate of drug-likeness (QED) is 0.870. The van der Waals surface area contributed by atoms with Crippen LogP contribution in [0.1, 0.15) is 62.2 Å². The fraction of sp³-hybridized carbons (Fsp3) is 0.684. The Hall–Kier alpha value is -1.06. The summed E-state index contributed by atoms with van der Waals surface area (Å²) in [7, 11) is 2.22. The number of fused-ring (bicyclic) bond motifs is 1. The van der Waals surface area contributed by atoms with E-state index in [0.29, 0.717) is 0 Å². The van der Waals surface area contributed by atoms with Gasteiger partial charge in [-0.3, -0.25) is 0 Å². The predicted octanol–water partition coefficient (Wildman–Crippen LogP) is 3.73. The van der Waals surface area contributed by atoms with Gasteiger partial charge in [-0.2, -0.15) is 0 Å². The summed E-state index contributed by atoms with van der Waals surface area (Å²) in [6.07, 6.45) is 9.62. The molecule has 1 atom stereocenters. The zero-order chi connectivity index (χ0) is 15.4. The molecule has 3 heteroatoms. The minimum Gasteiger partial charge on any atom is -0.388 e. The van der Waals surface area contributed by atoms with Crippen LogP contribution in [0.3, 0.4) is 0 Å². The van der Waals surface area contributed by atoms with Crippen LogP contribution >= 0.6 is 0 Å². The molecule has 3 rings (SSSR count). The lowest BCUT2D eigenvalue weighted by molar-refractivity contribution is 0.125. The summed E-state index contributed by atoms with van der Waals surface area (Å²) in [6, 6.07) is 7.15. The number of nitrogens with zero attached hydrogens (tertiary/aromatic N) is 1. The molecule has 0 spiro atoms. The first-order valence-electron chi connectivity index (χ1n) is 8.99. The molecular weight excluding hydrogens is 272 g/mol. The number of benzene rings is 1. The van der Waals surface area contributed by atoms with Crippen molar-refractivity contribution in [3.8, 4) is 0 Å². The number of hydrogen-bond donors (Lipinski definition) is 2. The van der Waals surface area contributed by atoms with E-state index in [0.717, 1.165) is 37.5 Å². The van der Waals surface area contributed by atoms with E-state index in [9.17, 15) is 5.11 Å². The molecular formula is C19H30N2O. The van der Waals surface area contributed by atoms with Crippen molar-refractivity contribution in [1.29, 1.82) is 0 Å². The monoisotopic (exact) mass is 302 g/mol. The summed E-state index contributed by atoms with van der Waals surface area (Å²) in [5.74, 6) is 0. The molecule has 0 saturated heterocycles. The van der Waals surface area contributed by atoms with Gasteiger partial charge >= 0.3 is 0 Å². The third-order valence-electron chi connectivity index (χ3n) is 5.41. The topological polar surface area (TPSA) is 35.5 Å². The summed E-state index contributed by atoms with van der Waals surface area (Å²) in [5.41, 5.74) is 3.70. The maximum absolute atomic E-state index is 10.5. The van der Waals surface area contributed by atoms with Gasteiger partial charge < -0.3 is 15.3 Å². The van der Waals surface area contributed by atoms with Crippen molar-refractivity contribution in [2.75, 3.05) is 25.5 Å². The van der Waals surface area contributed by atoms with Crippen molar-refractivity contribution < 1.29 is 5.11 Å². The summed E-state index contributed by atoms with van der Waals surface area (Å²) in [6.45, 7) is 2.06. The largest absolute Gasteiger partial charge is 0.388 e. The lowest BCUT2D eigenvalue weighted by Gasteiger charge is -2.31.